The van der Waals surface area contributed by atoms with Crippen LogP contribution in [0.1, 0.15) is 21.6 Å². The number of benzene rings is 2. The van der Waals surface area contributed by atoms with Crippen molar-refractivity contribution in [2.75, 3.05) is 7.11 Å². The van der Waals surface area contributed by atoms with Gasteiger partial charge in [0.05, 0.1) is 12.3 Å². The standard InChI is InChI=1S/C21H19NO3/c1-24-14-17-10-12-18(13-11-17)19-8-5-9-20(22-19)21(23)25-15-16-6-3-2-4-7-16/h2-13H,14-15H2,1H3. The number of hydrogen-bond acceptors (Lipinski definition) is 4. The van der Waals surface area contributed by atoms with Gasteiger partial charge in [-0.2, -0.15) is 0 Å². The lowest BCUT2D eigenvalue weighted by Crippen LogP contribution is -2.07. The molecule has 0 aliphatic rings. The minimum Gasteiger partial charge on any atom is -0.456 e. The molecule has 3 aromatic rings. The first-order valence-corrected chi connectivity index (χ1v) is 8.02. The van der Waals surface area contributed by atoms with Crippen LogP contribution >= 0.6 is 0 Å². The van der Waals surface area contributed by atoms with Crippen molar-refractivity contribution in [2.45, 2.75) is 13.2 Å². The Morgan fingerprint density at radius 3 is 2.28 bits per heavy atom. The molecule has 0 radical (unpaired) electrons. The SMILES string of the molecule is COCc1ccc(-c2cccc(C(=O)OCc3ccccc3)n2)cc1. The number of rotatable bonds is 6. The fourth-order valence-electron chi connectivity index (χ4n) is 2.44. The molecule has 2 aromatic carbocycles. The first kappa shape index (κ1) is 16.9. The molecule has 0 fully saturated rings. The second kappa shape index (κ2) is 8.22. The van der Waals surface area contributed by atoms with Gasteiger partial charge in [0.25, 0.3) is 0 Å². The predicted molar refractivity (Wildman–Crippen MR) is 95.9 cm³/mol. The van der Waals surface area contributed by atoms with E-state index in [4.69, 9.17) is 9.47 Å². The molecule has 0 aliphatic carbocycles. The average molecular weight is 333 g/mol. The molecule has 0 saturated heterocycles. The van der Waals surface area contributed by atoms with Gasteiger partial charge in [0.15, 0.2) is 0 Å². The zero-order chi connectivity index (χ0) is 17.5. The highest BCUT2D eigenvalue weighted by molar-refractivity contribution is 5.87. The van der Waals surface area contributed by atoms with Crippen molar-refractivity contribution in [1.82, 2.24) is 4.98 Å². The molecule has 4 nitrogen and oxygen atoms in total. The lowest BCUT2D eigenvalue weighted by Gasteiger charge is -2.07. The van der Waals surface area contributed by atoms with Crippen LogP contribution in [-0.2, 0) is 22.7 Å². The van der Waals surface area contributed by atoms with Crippen LogP contribution in [0.4, 0.5) is 0 Å². The summed E-state index contributed by atoms with van der Waals surface area (Å²) >= 11 is 0. The predicted octanol–water partition coefficient (Wildman–Crippen LogP) is 4.25. The van der Waals surface area contributed by atoms with Crippen LogP contribution in [0.5, 0.6) is 0 Å². The Kier molecular flexibility index (Phi) is 5.54. The second-order valence-electron chi connectivity index (χ2n) is 5.60. The van der Waals surface area contributed by atoms with Gasteiger partial charge >= 0.3 is 5.97 Å². The highest BCUT2D eigenvalue weighted by Gasteiger charge is 2.10. The zero-order valence-electron chi connectivity index (χ0n) is 14.0. The maximum absolute atomic E-state index is 12.2. The lowest BCUT2D eigenvalue weighted by molar-refractivity contribution is 0.0466. The van der Waals surface area contributed by atoms with Crippen LogP contribution < -0.4 is 0 Å². The Morgan fingerprint density at radius 1 is 0.840 bits per heavy atom. The summed E-state index contributed by atoms with van der Waals surface area (Å²) in [4.78, 5) is 16.7. The molecule has 1 aromatic heterocycles. The fraction of sp³-hybridized carbons (Fsp3) is 0.143. The maximum Gasteiger partial charge on any atom is 0.357 e. The van der Waals surface area contributed by atoms with Gasteiger partial charge in [0, 0.05) is 12.7 Å². The van der Waals surface area contributed by atoms with E-state index in [1.54, 1.807) is 13.2 Å². The molecule has 0 bridgehead atoms. The molecule has 3 rings (SSSR count). The summed E-state index contributed by atoms with van der Waals surface area (Å²) in [5, 5.41) is 0. The molecular formula is C21H19NO3. The Balaban J connectivity index is 1.71. The van der Waals surface area contributed by atoms with Crippen LogP contribution in [0, 0.1) is 0 Å². The highest BCUT2D eigenvalue weighted by Crippen LogP contribution is 2.19. The van der Waals surface area contributed by atoms with Gasteiger partial charge in [0.1, 0.15) is 12.3 Å². The van der Waals surface area contributed by atoms with Gasteiger partial charge < -0.3 is 9.47 Å². The topological polar surface area (TPSA) is 48.4 Å². The summed E-state index contributed by atoms with van der Waals surface area (Å²) in [7, 11) is 1.67. The van der Waals surface area contributed by atoms with Crippen LogP contribution in [-0.4, -0.2) is 18.1 Å². The second-order valence-corrected chi connectivity index (χ2v) is 5.60. The van der Waals surface area contributed by atoms with E-state index in [1.807, 2.05) is 66.7 Å². The first-order valence-electron chi connectivity index (χ1n) is 8.02. The number of aromatic nitrogens is 1. The molecule has 4 heteroatoms. The van der Waals surface area contributed by atoms with Gasteiger partial charge in [-0.25, -0.2) is 9.78 Å². The maximum atomic E-state index is 12.2. The molecule has 0 aliphatic heterocycles. The van der Waals surface area contributed by atoms with Crippen molar-refractivity contribution >= 4 is 5.97 Å². The third kappa shape index (κ3) is 4.52. The van der Waals surface area contributed by atoms with Crippen LogP contribution in [0.25, 0.3) is 11.3 Å². The van der Waals surface area contributed by atoms with E-state index in [1.165, 1.54) is 0 Å². The molecule has 0 unspecified atom stereocenters. The summed E-state index contributed by atoms with van der Waals surface area (Å²) in [5.74, 6) is -0.429. The molecule has 25 heavy (non-hydrogen) atoms. The van der Waals surface area contributed by atoms with Gasteiger partial charge in [-0.1, -0.05) is 60.7 Å². The molecule has 0 saturated carbocycles. The quantitative estimate of drug-likeness (QED) is 0.633. The smallest absolute Gasteiger partial charge is 0.357 e. The molecule has 0 spiro atoms. The third-order valence-corrected chi connectivity index (χ3v) is 3.73. The van der Waals surface area contributed by atoms with Crippen molar-refractivity contribution < 1.29 is 14.3 Å². The van der Waals surface area contributed by atoms with E-state index < -0.39 is 5.97 Å². The lowest BCUT2D eigenvalue weighted by atomic mass is 10.1. The number of methoxy groups -OCH3 is 1. The van der Waals surface area contributed by atoms with Gasteiger partial charge in [-0.15, -0.1) is 0 Å². The van der Waals surface area contributed by atoms with E-state index in [0.717, 1.165) is 22.4 Å². The average Bonchev–Trinajstić information content (AvgIpc) is 2.68. The largest absolute Gasteiger partial charge is 0.456 e. The van der Waals surface area contributed by atoms with E-state index in [-0.39, 0.29) is 6.61 Å². The molecule has 1 heterocycles. The molecule has 0 amide bonds. The minimum atomic E-state index is -0.429. The van der Waals surface area contributed by atoms with E-state index >= 15 is 0 Å². The van der Waals surface area contributed by atoms with E-state index in [2.05, 4.69) is 4.98 Å². The summed E-state index contributed by atoms with van der Waals surface area (Å²) in [6.45, 7) is 0.802. The number of esters is 1. The van der Waals surface area contributed by atoms with Gasteiger partial charge in [0.2, 0.25) is 0 Å². The van der Waals surface area contributed by atoms with Gasteiger partial charge in [-0.05, 0) is 23.3 Å². The number of nitrogens with zero attached hydrogens (tertiary/aromatic N) is 1. The summed E-state index contributed by atoms with van der Waals surface area (Å²) < 4.78 is 10.4. The van der Waals surface area contributed by atoms with Crippen molar-refractivity contribution in [3.05, 3.63) is 89.6 Å². The molecule has 126 valence electrons. The number of pyridine rings is 1. The fourth-order valence-corrected chi connectivity index (χ4v) is 2.44. The molecular weight excluding hydrogens is 314 g/mol. The number of ether oxygens (including phenoxy) is 2. The minimum absolute atomic E-state index is 0.233. The Morgan fingerprint density at radius 2 is 1.56 bits per heavy atom. The summed E-state index contributed by atoms with van der Waals surface area (Å²) in [6, 6.07) is 22.8. The van der Waals surface area contributed by atoms with Crippen molar-refractivity contribution in [1.29, 1.82) is 0 Å². The summed E-state index contributed by atoms with van der Waals surface area (Å²) in [6.07, 6.45) is 0. The van der Waals surface area contributed by atoms with Crippen LogP contribution in [0.15, 0.2) is 72.8 Å². The zero-order valence-corrected chi connectivity index (χ0v) is 14.0. The van der Waals surface area contributed by atoms with E-state index in [0.29, 0.717) is 12.3 Å². The van der Waals surface area contributed by atoms with Gasteiger partial charge in [-0.3, -0.25) is 0 Å². The van der Waals surface area contributed by atoms with Crippen molar-refractivity contribution in [3.63, 3.8) is 0 Å². The first-order chi connectivity index (χ1) is 12.3. The Labute approximate surface area is 147 Å². The Bertz CT molecular complexity index is 829. The normalized spacial score (nSPS) is 10.4. The van der Waals surface area contributed by atoms with Crippen molar-refractivity contribution in [2.24, 2.45) is 0 Å². The van der Waals surface area contributed by atoms with E-state index in [9.17, 15) is 4.79 Å². The number of carbonyl (C=O) groups is 1. The third-order valence-electron chi connectivity index (χ3n) is 3.73. The highest BCUT2D eigenvalue weighted by atomic mass is 16.5. The number of hydrogen-bond donors (Lipinski definition) is 0. The molecule has 0 N–H and O–H groups in total. The summed E-state index contributed by atoms with van der Waals surface area (Å²) in [5.41, 5.74) is 4.01. The monoisotopic (exact) mass is 333 g/mol. The van der Waals surface area contributed by atoms with Crippen LogP contribution in [0.3, 0.4) is 0 Å². The van der Waals surface area contributed by atoms with Crippen molar-refractivity contribution in [3.8, 4) is 11.3 Å². The van der Waals surface area contributed by atoms with Crippen LogP contribution in [0.2, 0.25) is 0 Å². The Hall–Kier alpha value is -2.98. The number of carbonyl (C=O) groups excluding carboxylic acids is 1. The molecule has 0 atom stereocenters.